The van der Waals surface area contributed by atoms with E-state index in [-0.39, 0.29) is 6.03 Å². The highest BCUT2D eigenvalue weighted by Gasteiger charge is 2.27. The maximum atomic E-state index is 12.8. The minimum Gasteiger partial charge on any atom is -0.321 e. The molecule has 1 aliphatic rings. The largest absolute Gasteiger partial charge is 0.323 e. The molecule has 1 fully saturated rings. The van der Waals surface area contributed by atoms with Crippen LogP contribution in [0.4, 0.5) is 9.93 Å². The molecule has 4 nitrogen and oxygen atoms in total. The zero-order valence-corrected chi connectivity index (χ0v) is 16.9. The van der Waals surface area contributed by atoms with Gasteiger partial charge in [-0.2, -0.15) is 11.8 Å². The summed E-state index contributed by atoms with van der Waals surface area (Å²) >= 11 is 3.36. The number of thioether (sulfide) groups is 1. The molecule has 0 spiro atoms. The Balaban J connectivity index is 1.54. The SMILES string of the molecule is CC1CCC(N(CCSCc2ccccc2)C(=O)Nc2nccs2)CC1. The van der Waals surface area contributed by atoms with E-state index in [0.29, 0.717) is 11.2 Å². The van der Waals surface area contributed by atoms with Crippen molar-refractivity contribution in [1.82, 2.24) is 9.88 Å². The van der Waals surface area contributed by atoms with Crippen molar-refractivity contribution in [3.05, 3.63) is 47.5 Å². The molecule has 3 rings (SSSR count). The zero-order valence-electron chi connectivity index (χ0n) is 15.3. The number of rotatable bonds is 7. The second kappa shape index (κ2) is 9.97. The second-order valence-corrected chi connectivity index (χ2v) is 8.91. The zero-order chi connectivity index (χ0) is 18.2. The molecule has 2 aromatic rings. The molecule has 140 valence electrons. The number of urea groups is 1. The van der Waals surface area contributed by atoms with Crippen molar-refractivity contribution < 1.29 is 4.79 Å². The number of nitrogens with one attached hydrogen (secondary N) is 1. The Labute approximate surface area is 164 Å². The van der Waals surface area contributed by atoms with Gasteiger partial charge in [-0.1, -0.05) is 37.3 Å². The van der Waals surface area contributed by atoms with Crippen LogP contribution in [0.5, 0.6) is 0 Å². The number of anilines is 1. The summed E-state index contributed by atoms with van der Waals surface area (Å²) in [6, 6.07) is 10.9. The fourth-order valence-corrected chi connectivity index (χ4v) is 4.80. The van der Waals surface area contributed by atoms with Crippen LogP contribution in [0.15, 0.2) is 41.9 Å². The van der Waals surface area contributed by atoms with Crippen LogP contribution in [-0.2, 0) is 5.75 Å². The smallest absolute Gasteiger partial charge is 0.321 e. The lowest BCUT2D eigenvalue weighted by Gasteiger charge is -2.36. The van der Waals surface area contributed by atoms with Crippen molar-refractivity contribution in [3.8, 4) is 0 Å². The van der Waals surface area contributed by atoms with Crippen LogP contribution in [0.3, 0.4) is 0 Å². The highest BCUT2D eigenvalue weighted by atomic mass is 32.2. The van der Waals surface area contributed by atoms with E-state index in [9.17, 15) is 4.79 Å². The summed E-state index contributed by atoms with van der Waals surface area (Å²) < 4.78 is 0. The Hall–Kier alpha value is -1.53. The number of thiazole rings is 1. The van der Waals surface area contributed by atoms with Crippen molar-refractivity contribution >= 4 is 34.3 Å². The van der Waals surface area contributed by atoms with Gasteiger partial charge < -0.3 is 4.90 Å². The van der Waals surface area contributed by atoms with E-state index in [1.54, 1.807) is 6.20 Å². The third-order valence-corrected chi connectivity index (χ3v) is 6.62. The second-order valence-electron chi connectivity index (χ2n) is 6.91. The summed E-state index contributed by atoms with van der Waals surface area (Å²) in [4.78, 5) is 19.1. The molecule has 1 aromatic carbocycles. The van der Waals surface area contributed by atoms with Gasteiger partial charge in [0, 0.05) is 35.7 Å². The number of aromatic nitrogens is 1. The maximum Gasteiger partial charge on any atom is 0.323 e. The fraction of sp³-hybridized carbons (Fsp3) is 0.500. The molecule has 1 heterocycles. The molecule has 1 aliphatic carbocycles. The molecule has 26 heavy (non-hydrogen) atoms. The van der Waals surface area contributed by atoms with Crippen LogP contribution in [0.1, 0.15) is 38.2 Å². The molecule has 2 amide bonds. The van der Waals surface area contributed by atoms with Crippen molar-refractivity contribution in [3.63, 3.8) is 0 Å². The lowest BCUT2D eigenvalue weighted by atomic mass is 9.86. The first-order chi connectivity index (χ1) is 12.7. The first-order valence-electron chi connectivity index (χ1n) is 9.31. The summed E-state index contributed by atoms with van der Waals surface area (Å²) in [6.07, 6.45) is 6.36. The molecule has 0 aliphatic heterocycles. The van der Waals surface area contributed by atoms with Gasteiger partial charge in [0.2, 0.25) is 0 Å². The average molecular weight is 390 g/mol. The summed E-state index contributed by atoms with van der Waals surface area (Å²) in [5, 5.41) is 5.54. The summed E-state index contributed by atoms with van der Waals surface area (Å²) in [7, 11) is 0. The summed E-state index contributed by atoms with van der Waals surface area (Å²) in [6.45, 7) is 3.10. The molecule has 0 bridgehead atoms. The van der Waals surface area contributed by atoms with Gasteiger partial charge in [0.1, 0.15) is 0 Å². The van der Waals surface area contributed by atoms with E-state index in [4.69, 9.17) is 0 Å². The van der Waals surface area contributed by atoms with Gasteiger partial charge in [-0.15, -0.1) is 11.3 Å². The third kappa shape index (κ3) is 5.74. The van der Waals surface area contributed by atoms with Crippen molar-refractivity contribution in [1.29, 1.82) is 0 Å². The lowest BCUT2D eigenvalue weighted by molar-refractivity contribution is 0.161. The molecule has 0 unspecified atom stereocenters. The quantitative estimate of drug-likeness (QED) is 0.637. The van der Waals surface area contributed by atoms with Crippen molar-refractivity contribution in [2.75, 3.05) is 17.6 Å². The van der Waals surface area contributed by atoms with Gasteiger partial charge in [-0.05, 0) is 37.2 Å². The fourth-order valence-electron chi connectivity index (χ4n) is 3.38. The summed E-state index contributed by atoms with van der Waals surface area (Å²) in [5.41, 5.74) is 1.34. The molecular formula is C20H27N3OS2. The van der Waals surface area contributed by atoms with E-state index in [1.807, 2.05) is 28.1 Å². The molecule has 0 atom stereocenters. The minimum atomic E-state index is -0.000172. The number of nitrogens with zero attached hydrogens (tertiary/aromatic N) is 2. The van der Waals surface area contributed by atoms with Gasteiger partial charge in [0.05, 0.1) is 0 Å². The van der Waals surface area contributed by atoms with Crippen molar-refractivity contribution in [2.45, 2.75) is 44.4 Å². The molecule has 6 heteroatoms. The van der Waals surface area contributed by atoms with Crippen LogP contribution in [0, 0.1) is 5.92 Å². The molecule has 1 N–H and O–H groups in total. The average Bonchev–Trinajstić information content (AvgIpc) is 3.16. The lowest BCUT2D eigenvalue weighted by Crippen LogP contribution is -2.45. The number of benzene rings is 1. The topological polar surface area (TPSA) is 45.2 Å². The molecular weight excluding hydrogens is 362 g/mol. The van der Waals surface area contributed by atoms with Gasteiger partial charge in [0.25, 0.3) is 0 Å². The number of carbonyl (C=O) groups is 1. The predicted octanol–water partition coefficient (Wildman–Crippen LogP) is 5.49. The van der Waals surface area contributed by atoms with E-state index in [0.717, 1.165) is 36.8 Å². The van der Waals surface area contributed by atoms with Gasteiger partial charge in [-0.3, -0.25) is 5.32 Å². The number of amides is 2. The van der Waals surface area contributed by atoms with Gasteiger partial charge >= 0.3 is 6.03 Å². The predicted molar refractivity (Wildman–Crippen MR) is 112 cm³/mol. The highest BCUT2D eigenvalue weighted by molar-refractivity contribution is 7.98. The molecule has 0 radical (unpaired) electrons. The van der Waals surface area contributed by atoms with Gasteiger partial charge in [0.15, 0.2) is 5.13 Å². The van der Waals surface area contributed by atoms with Crippen LogP contribution >= 0.6 is 23.1 Å². The Bertz CT molecular complexity index is 655. The number of hydrogen-bond donors (Lipinski definition) is 1. The highest BCUT2D eigenvalue weighted by Crippen LogP contribution is 2.28. The molecule has 1 saturated carbocycles. The van der Waals surface area contributed by atoms with E-state index in [2.05, 4.69) is 41.5 Å². The minimum absolute atomic E-state index is 0.000172. The van der Waals surface area contributed by atoms with E-state index in [1.165, 1.54) is 29.7 Å². The van der Waals surface area contributed by atoms with Crippen LogP contribution < -0.4 is 5.32 Å². The Morgan fingerprint density at radius 2 is 2.04 bits per heavy atom. The van der Waals surface area contributed by atoms with Gasteiger partial charge in [-0.25, -0.2) is 9.78 Å². The Morgan fingerprint density at radius 3 is 2.73 bits per heavy atom. The van der Waals surface area contributed by atoms with E-state index >= 15 is 0 Å². The van der Waals surface area contributed by atoms with Crippen LogP contribution in [0.2, 0.25) is 0 Å². The normalized spacial score (nSPS) is 19.9. The number of hydrogen-bond acceptors (Lipinski definition) is 4. The standard InChI is InChI=1S/C20H27N3OS2/c1-16-7-9-18(10-8-16)23(20(24)22-19-21-11-13-26-19)12-14-25-15-17-5-3-2-4-6-17/h2-6,11,13,16,18H,7-10,12,14-15H2,1H3,(H,21,22,24). The first kappa shape index (κ1) is 19.2. The van der Waals surface area contributed by atoms with Crippen LogP contribution in [0.25, 0.3) is 0 Å². The third-order valence-electron chi connectivity index (χ3n) is 4.92. The molecule has 1 aromatic heterocycles. The maximum absolute atomic E-state index is 12.8. The number of carbonyl (C=O) groups excluding carboxylic acids is 1. The van der Waals surface area contributed by atoms with Crippen molar-refractivity contribution in [2.24, 2.45) is 5.92 Å². The Kier molecular flexibility index (Phi) is 7.38. The summed E-state index contributed by atoms with van der Waals surface area (Å²) in [5.74, 6) is 2.72. The monoisotopic (exact) mass is 389 g/mol. The first-order valence-corrected chi connectivity index (χ1v) is 11.3. The van der Waals surface area contributed by atoms with Crippen LogP contribution in [-0.4, -0.2) is 34.3 Å². The van der Waals surface area contributed by atoms with E-state index < -0.39 is 0 Å². The molecule has 0 saturated heterocycles. The Morgan fingerprint density at radius 1 is 1.27 bits per heavy atom.